The molecule has 0 aromatic carbocycles. The maximum absolute atomic E-state index is 12.7. The fourth-order valence-electron chi connectivity index (χ4n) is 2.37. The molecule has 1 rings (SSSR count). The van der Waals surface area contributed by atoms with E-state index in [-0.39, 0.29) is 18.4 Å². The summed E-state index contributed by atoms with van der Waals surface area (Å²) in [5.74, 6) is -1.16. The second kappa shape index (κ2) is 6.79. The molecule has 1 N–H and O–H groups in total. The molecule has 0 spiro atoms. The molecular formula is C15H20F6O4. The first kappa shape index (κ1) is 21.8. The summed E-state index contributed by atoms with van der Waals surface area (Å²) in [4.78, 5) is 11.4. The summed E-state index contributed by atoms with van der Waals surface area (Å²) in [6, 6.07) is 0. The van der Waals surface area contributed by atoms with Crippen LogP contribution in [-0.2, 0) is 14.3 Å². The number of hydrogen-bond donors (Lipinski definition) is 1. The van der Waals surface area contributed by atoms with Crippen LogP contribution in [0.1, 0.15) is 33.6 Å². The van der Waals surface area contributed by atoms with Gasteiger partial charge >= 0.3 is 18.3 Å². The van der Waals surface area contributed by atoms with E-state index in [4.69, 9.17) is 14.6 Å². The molecule has 1 fully saturated rings. The number of carbonyl (C=O) groups is 1. The molecular weight excluding hydrogens is 358 g/mol. The van der Waals surface area contributed by atoms with Crippen molar-refractivity contribution >= 4 is 5.97 Å². The first-order chi connectivity index (χ1) is 11.1. The fourth-order valence-corrected chi connectivity index (χ4v) is 2.37. The predicted octanol–water partition coefficient (Wildman–Crippen LogP) is 3.54. The number of ether oxygens (including phenoxy) is 2. The van der Waals surface area contributed by atoms with Crippen molar-refractivity contribution in [1.29, 1.82) is 0 Å². The Morgan fingerprint density at radius 3 is 1.96 bits per heavy atom. The zero-order chi connectivity index (χ0) is 19.8. The third-order valence-corrected chi connectivity index (χ3v) is 4.33. The van der Waals surface area contributed by atoms with E-state index in [1.165, 1.54) is 6.92 Å². The molecule has 10 heteroatoms. The molecule has 0 amide bonds. The lowest BCUT2D eigenvalue weighted by atomic mass is 9.70. The van der Waals surface area contributed by atoms with Crippen LogP contribution in [0.25, 0.3) is 0 Å². The normalized spacial score (nSPS) is 24.8. The maximum atomic E-state index is 12.7. The summed E-state index contributed by atoms with van der Waals surface area (Å²) >= 11 is 0. The molecule has 1 aliphatic rings. The van der Waals surface area contributed by atoms with Crippen molar-refractivity contribution in [2.24, 2.45) is 5.92 Å². The molecule has 25 heavy (non-hydrogen) atoms. The van der Waals surface area contributed by atoms with Gasteiger partial charge in [0.05, 0.1) is 12.2 Å². The van der Waals surface area contributed by atoms with Crippen molar-refractivity contribution in [3.05, 3.63) is 12.2 Å². The number of hydrogen-bond acceptors (Lipinski definition) is 4. The summed E-state index contributed by atoms with van der Waals surface area (Å²) in [5.41, 5.74) is -6.21. The Bertz CT molecular complexity index is 503. The number of esters is 1. The third-order valence-electron chi connectivity index (χ3n) is 4.33. The SMILES string of the molecule is C=C(C)C(=O)OC1CC(OCC(O)(C(F)(F)F)C(F)(F)F)(C(C)C)C1. The number of carbonyl (C=O) groups excluding carboxylic acids is 1. The van der Waals surface area contributed by atoms with Crippen LogP contribution in [-0.4, -0.2) is 47.3 Å². The number of aliphatic hydroxyl groups is 1. The van der Waals surface area contributed by atoms with Crippen LogP contribution < -0.4 is 0 Å². The van der Waals surface area contributed by atoms with Crippen molar-refractivity contribution in [3.63, 3.8) is 0 Å². The van der Waals surface area contributed by atoms with E-state index in [2.05, 4.69) is 6.58 Å². The van der Waals surface area contributed by atoms with Crippen molar-refractivity contribution in [3.8, 4) is 0 Å². The third kappa shape index (κ3) is 4.28. The molecule has 0 unspecified atom stereocenters. The summed E-state index contributed by atoms with van der Waals surface area (Å²) in [6.07, 6.45) is -12.7. The number of rotatable bonds is 6. The highest BCUT2D eigenvalue weighted by atomic mass is 19.4. The van der Waals surface area contributed by atoms with Gasteiger partial charge < -0.3 is 14.6 Å². The van der Waals surface area contributed by atoms with E-state index in [0.717, 1.165) is 0 Å². The van der Waals surface area contributed by atoms with Crippen molar-refractivity contribution in [1.82, 2.24) is 0 Å². The highest BCUT2D eigenvalue weighted by molar-refractivity contribution is 5.87. The number of alkyl halides is 6. The topological polar surface area (TPSA) is 55.8 Å². The van der Waals surface area contributed by atoms with Crippen molar-refractivity contribution in [2.75, 3.05) is 6.61 Å². The minimum absolute atomic E-state index is 0.0739. The van der Waals surface area contributed by atoms with Gasteiger partial charge in [-0.15, -0.1) is 0 Å². The van der Waals surface area contributed by atoms with Crippen LogP contribution in [0.5, 0.6) is 0 Å². The number of halogens is 6. The van der Waals surface area contributed by atoms with Gasteiger partial charge in [-0.05, 0) is 12.8 Å². The highest BCUT2D eigenvalue weighted by Crippen LogP contribution is 2.48. The summed E-state index contributed by atoms with van der Waals surface area (Å²) < 4.78 is 86.2. The van der Waals surface area contributed by atoms with E-state index in [1.54, 1.807) is 13.8 Å². The molecule has 0 bridgehead atoms. The first-order valence-electron chi connectivity index (χ1n) is 7.42. The Kier molecular flexibility index (Phi) is 5.91. The molecule has 0 heterocycles. The molecule has 0 aliphatic heterocycles. The van der Waals surface area contributed by atoms with E-state index >= 15 is 0 Å². The maximum Gasteiger partial charge on any atom is 0.428 e. The van der Waals surface area contributed by atoms with Crippen LogP contribution in [0.3, 0.4) is 0 Å². The molecule has 1 aliphatic carbocycles. The molecule has 0 radical (unpaired) electrons. The monoisotopic (exact) mass is 378 g/mol. The quantitative estimate of drug-likeness (QED) is 0.436. The first-order valence-corrected chi connectivity index (χ1v) is 7.42. The van der Waals surface area contributed by atoms with E-state index in [1.807, 2.05) is 0 Å². The average Bonchev–Trinajstić information content (AvgIpc) is 2.37. The van der Waals surface area contributed by atoms with Gasteiger partial charge in [0.25, 0.3) is 5.60 Å². The van der Waals surface area contributed by atoms with Crippen molar-refractivity contribution < 1.29 is 45.7 Å². The summed E-state index contributed by atoms with van der Waals surface area (Å²) in [6.45, 7) is 5.89. The van der Waals surface area contributed by atoms with Gasteiger partial charge in [0.15, 0.2) is 0 Å². The van der Waals surface area contributed by atoms with E-state index < -0.39 is 48.2 Å². The van der Waals surface area contributed by atoms with Crippen LogP contribution in [0, 0.1) is 5.92 Å². The zero-order valence-corrected chi connectivity index (χ0v) is 13.9. The van der Waals surface area contributed by atoms with Gasteiger partial charge in [0.1, 0.15) is 6.10 Å². The molecule has 4 nitrogen and oxygen atoms in total. The largest absolute Gasteiger partial charge is 0.459 e. The van der Waals surface area contributed by atoms with Crippen molar-refractivity contribution in [2.45, 2.75) is 63.3 Å². The van der Waals surface area contributed by atoms with Gasteiger partial charge in [-0.25, -0.2) is 4.79 Å². The molecule has 0 aromatic rings. The Balaban J connectivity index is 2.84. The van der Waals surface area contributed by atoms with Gasteiger partial charge in [0.2, 0.25) is 0 Å². The minimum Gasteiger partial charge on any atom is -0.459 e. The standard InChI is InChI=1S/C15H20F6O4/c1-8(2)11(22)25-10-5-12(6-10,9(3)4)24-7-13(23,14(16,17)18)15(19,20)21/h9-10,23H,1,5-7H2,2-4H3. The van der Waals surface area contributed by atoms with Crippen LogP contribution in [0.15, 0.2) is 12.2 Å². The summed E-state index contributed by atoms with van der Waals surface area (Å²) in [5, 5.41) is 9.16. The van der Waals surface area contributed by atoms with Crippen LogP contribution in [0.4, 0.5) is 26.3 Å². The lowest BCUT2D eigenvalue weighted by Crippen LogP contribution is -2.63. The van der Waals surface area contributed by atoms with Gasteiger partial charge in [-0.1, -0.05) is 20.4 Å². The fraction of sp³-hybridized carbons (Fsp3) is 0.800. The van der Waals surface area contributed by atoms with E-state index in [0.29, 0.717) is 0 Å². The Hall–Kier alpha value is -1.29. The van der Waals surface area contributed by atoms with Gasteiger partial charge in [-0.2, -0.15) is 26.3 Å². The molecule has 1 saturated carbocycles. The molecule has 0 atom stereocenters. The summed E-state index contributed by atoms with van der Waals surface area (Å²) in [7, 11) is 0. The van der Waals surface area contributed by atoms with Gasteiger partial charge in [-0.3, -0.25) is 0 Å². The highest BCUT2D eigenvalue weighted by Gasteiger charge is 2.71. The predicted molar refractivity (Wildman–Crippen MR) is 74.5 cm³/mol. The lowest BCUT2D eigenvalue weighted by Gasteiger charge is -2.50. The Morgan fingerprint density at radius 1 is 1.20 bits per heavy atom. The molecule has 146 valence electrons. The minimum atomic E-state index is -5.95. The second-order valence-corrected chi connectivity index (χ2v) is 6.58. The Morgan fingerprint density at radius 2 is 1.64 bits per heavy atom. The lowest BCUT2D eigenvalue weighted by molar-refractivity contribution is -0.387. The van der Waals surface area contributed by atoms with Crippen LogP contribution >= 0.6 is 0 Å². The smallest absolute Gasteiger partial charge is 0.428 e. The van der Waals surface area contributed by atoms with Gasteiger partial charge in [0, 0.05) is 18.4 Å². The van der Waals surface area contributed by atoms with E-state index in [9.17, 15) is 31.1 Å². The second-order valence-electron chi connectivity index (χ2n) is 6.58. The molecule has 0 aromatic heterocycles. The Labute approximate surface area is 140 Å². The zero-order valence-electron chi connectivity index (χ0n) is 13.9. The molecule has 0 saturated heterocycles. The van der Waals surface area contributed by atoms with Crippen LogP contribution in [0.2, 0.25) is 0 Å². The average molecular weight is 378 g/mol.